The SMILES string of the molecule is CCCCCOCCC(C#N)NCC. The second kappa shape index (κ2) is 10.5. The van der Waals surface area contributed by atoms with Crippen LogP contribution in [0.1, 0.15) is 39.5 Å². The topological polar surface area (TPSA) is 45.0 Å². The molecule has 3 heteroatoms. The summed E-state index contributed by atoms with van der Waals surface area (Å²) in [5.74, 6) is 0. The summed E-state index contributed by atoms with van der Waals surface area (Å²) in [7, 11) is 0. The molecule has 0 aliphatic rings. The van der Waals surface area contributed by atoms with Crippen LogP contribution in [0.15, 0.2) is 0 Å². The summed E-state index contributed by atoms with van der Waals surface area (Å²) in [5, 5.41) is 11.8. The zero-order valence-corrected chi connectivity index (χ0v) is 9.38. The Morgan fingerprint density at radius 1 is 1.29 bits per heavy atom. The maximum atomic E-state index is 8.73. The Bertz CT molecular complexity index is 154. The molecular formula is C11H22N2O. The van der Waals surface area contributed by atoms with Crippen molar-refractivity contribution in [3.8, 4) is 6.07 Å². The lowest BCUT2D eigenvalue weighted by Crippen LogP contribution is -2.28. The standard InChI is InChI=1S/C11H22N2O/c1-3-5-6-8-14-9-7-11(10-12)13-4-2/h11,13H,3-9H2,1-2H3. The number of nitrogens with one attached hydrogen (secondary N) is 1. The molecule has 0 amide bonds. The van der Waals surface area contributed by atoms with Gasteiger partial charge in [0.15, 0.2) is 0 Å². The fraction of sp³-hybridized carbons (Fsp3) is 0.909. The normalized spacial score (nSPS) is 12.4. The number of hydrogen-bond donors (Lipinski definition) is 1. The highest BCUT2D eigenvalue weighted by Crippen LogP contribution is 1.96. The van der Waals surface area contributed by atoms with Crippen LogP contribution in [0.25, 0.3) is 0 Å². The van der Waals surface area contributed by atoms with E-state index in [1.54, 1.807) is 0 Å². The van der Waals surface area contributed by atoms with Crippen molar-refractivity contribution in [3.05, 3.63) is 0 Å². The van der Waals surface area contributed by atoms with Crippen LogP contribution >= 0.6 is 0 Å². The lowest BCUT2D eigenvalue weighted by Gasteiger charge is -2.09. The zero-order valence-electron chi connectivity index (χ0n) is 9.38. The predicted octanol–water partition coefficient (Wildman–Crippen LogP) is 2.08. The molecule has 0 heterocycles. The van der Waals surface area contributed by atoms with E-state index < -0.39 is 0 Å². The van der Waals surface area contributed by atoms with Crippen LogP contribution in [0.4, 0.5) is 0 Å². The summed E-state index contributed by atoms with van der Waals surface area (Å²) in [6.45, 7) is 6.55. The van der Waals surface area contributed by atoms with Crippen molar-refractivity contribution in [1.82, 2.24) is 5.32 Å². The largest absolute Gasteiger partial charge is 0.381 e. The number of ether oxygens (including phenoxy) is 1. The van der Waals surface area contributed by atoms with Crippen LogP contribution in [-0.2, 0) is 4.74 Å². The van der Waals surface area contributed by atoms with Gasteiger partial charge in [0.05, 0.1) is 12.1 Å². The second-order valence-electron chi connectivity index (χ2n) is 3.35. The third kappa shape index (κ3) is 8.03. The first-order chi connectivity index (χ1) is 6.85. The molecule has 0 fully saturated rings. The highest BCUT2D eigenvalue weighted by atomic mass is 16.5. The van der Waals surface area contributed by atoms with E-state index in [9.17, 15) is 0 Å². The minimum absolute atomic E-state index is 0.0498. The third-order valence-corrected chi connectivity index (χ3v) is 2.05. The van der Waals surface area contributed by atoms with E-state index in [2.05, 4.69) is 18.3 Å². The summed E-state index contributed by atoms with van der Waals surface area (Å²) < 4.78 is 5.42. The van der Waals surface area contributed by atoms with Gasteiger partial charge in [-0.3, -0.25) is 0 Å². The Morgan fingerprint density at radius 2 is 2.07 bits per heavy atom. The first kappa shape index (κ1) is 13.4. The average Bonchev–Trinajstić information content (AvgIpc) is 2.21. The molecular weight excluding hydrogens is 176 g/mol. The Labute approximate surface area is 87.4 Å². The van der Waals surface area contributed by atoms with E-state index in [0.29, 0.717) is 6.61 Å². The van der Waals surface area contributed by atoms with E-state index in [1.807, 2.05) is 6.92 Å². The van der Waals surface area contributed by atoms with Crippen molar-refractivity contribution in [1.29, 1.82) is 5.26 Å². The van der Waals surface area contributed by atoms with E-state index in [4.69, 9.17) is 10.00 Å². The van der Waals surface area contributed by atoms with E-state index >= 15 is 0 Å². The van der Waals surface area contributed by atoms with Gasteiger partial charge in [-0.15, -0.1) is 0 Å². The van der Waals surface area contributed by atoms with Gasteiger partial charge in [0, 0.05) is 13.2 Å². The van der Waals surface area contributed by atoms with Crippen molar-refractivity contribution >= 4 is 0 Å². The van der Waals surface area contributed by atoms with Crippen LogP contribution in [0, 0.1) is 11.3 Å². The fourth-order valence-corrected chi connectivity index (χ4v) is 1.22. The molecule has 0 rings (SSSR count). The molecule has 0 radical (unpaired) electrons. The van der Waals surface area contributed by atoms with E-state index in [1.165, 1.54) is 12.8 Å². The number of nitrogens with zero attached hydrogens (tertiary/aromatic N) is 1. The van der Waals surface area contributed by atoms with Gasteiger partial charge < -0.3 is 10.1 Å². The fourth-order valence-electron chi connectivity index (χ4n) is 1.22. The van der Waals surface area contributed by atoms with Gasteiger partial charge >= 0.3 is 0 Å². The minimum Gasteiger partial charge on any atom is -0.381 e. The maximum absolute atomic E-state index is 8.73. The lowest BCUT2D eigenvalue weighted by molar-refractivity contribution is 0.124. The Balaban J connectivity index is 3.21. The van der Waals surface area contributed by atoms with Gasteiger partial charge in [0.2, 0.25) is 0 Å². The minimum atomic E-state index is -0.0498. The molecule has 82 valence electrons. The van der Waals surface area contributed by atoms with Crippen LogP contribution in [-0.4, -0.2) is 25.8 Å². The number of rotatable bonds is 9. The van der Waals surface area contributed by atoms with Crippen molar-refractivity contribution in [2.45, 2.75) is 45.6 Å². The molecule has 14 heavy (non-hydrogen) atoms. The molecule has 0 aromatic heterocycles. The lowest BCUT2D eigenvalue weighted by atomic mass is 10.2. The van der Waals surface area contributed by atoms with Gasteiger partial charge in [-0.25, -0.2) is 0 Å². The van der Waals surface area contributed by atoms with Crippen LogP contribution in [0.3, 0.4) is 0 Å². The molecule has 0 saturated carbocycles. The number of nitriles is 1. The van der Waals surface area contributed by atoms with Crippen LogP contribution < -0.4 is 5.32 Å². The zero-order chi connectivity index (χ0) is 10.6. The average molecular weight is 198 g/mol. The Hall–Kier alpha value is -0.590. The quantitative estimate of drug-likeness (QED) is 0.577. The molecule has 3 nitrogen and oxygen atoms in total. The van der Waals surface area contributed by atoms with Crippen LogP contribution in [0.5, 0.6) is 0 Å². The molecule has 0 aliphatic carbocycles. The monoisotopic (exact) mass is 198 g/mol. The molecule has 0 aliphatic heterocycles. The van der Waals surface area contributed by atoms with Gasteiger partial charge in [0.1, 0.15) is 0 Å². The van der Waals surface area contributed by atoms with Crippen molar-refractivity contribution in [2.24, 2.45) is 0 Å². The molecule has 1 atom stereocenters. The smallest absolute Gasteiger partial charge is 0.0974 e. The predicted molar refractivity (Wildman–Crippen MR) is 58.0 cm³/mol. The molecule has 1 unspecified atom stereocenters. The summed E-state index contributed by atoms with van der Waals surface area (Å²) in [4.78, 5) is 0. The summed E-state index contributed by atoms with van der Waals surface area (Å²) in [6, 6.07) is 2.16. The molecule has 0 aromatic carbocycles. The van der Waals surface area contributed by atoms with Crippen molar-refractivity contribution in [2.75, 3.05) is 19.8 Å². The van der Waals surface area contributed by atoms with E-state index in [-0.39, 0.29) is 6.04 Å². The Kier molecular flexibility index (Phi) is 10.0. The summed E-state index contributed by atoms with van der Waals surface area (Å²) in [6.07, 6.45) is 4.38. The van der Waals surface area contributed by atoms with Crippen molar-refractivity contribution in [3.63, 3.8) is 0 Å². The number of hydrogen-bond acceptors (Lipinski definition) is 3. The first-order valence-corrected chi connectivity index (χ1v) is 5.55. The van der Waals surface area contributed by atoms with Gasteiger partial charge in [-0.05, 0) is 19.4 Å². The van der Waals surface area contributed by atoms with Gasteiger partial charge in [-0.1, -0.05) is 26.7 Å². The Morgan fingerprint density at radius 3 is 2.64 bits per heavy atom. The molecule has 1 N–H and O–H groups in total. The maximum Gasteiger partial charge on any atom is 0.0974 e. The molecule has 0 spiro atoms. The highest BCUT2D eigenvalue weighted by molar-refractivity contribution is 4.88. The second-order valence-corrected chi connectivity index (χ2v) is 3.35. The number of unbranched alkanes of at least 4 members (excludes halogenated alkanes) is 2. The van der Waals surface area contributed by atoms with Gasteiger partial charge in [0.25, 0.3) is 0 Å². The third-order valence-electron chi connectivity index (χ3n) is 2.05. The molecule has 0 bridgehead atoms. The van der Waals surface area contributed by atoms with Crippen molar-refractivity contribution < 1.29 is 4.74 Å². The van der Waals surface area contributed by atoms with Gasteiger partial charge in [-0.2, -0.15) is 5.26 Å². The first-order valence-electron chi connectivity index (χ1n) is 5.55. The molecule has 0 saturated heterocycles. The van der Waals surface area contributed by atoms with Crippen LogP contribution in [0.2, 0.25) is 0 Å². The summed E-state index contributed by atoms with van der Waals surface area (Å²) in [5.41, 5.74) is 0. The summed E-state index contributed by atoms with van der Waals surface area (Å²) >= 11 is 0. The highest BCUT2D eigenvalue weighted by Gasteiger charge is 2.03. The molecule has 0 aromatic rings. The van der Waals surface area contributed by atoms with E-state index in [0.717, 1.165) is 26.0 Å².